The van der Waals surface area contributed by atoms with Crippen molar-refractivity contribution in [2.75, 3.05) is 0 Å². The van der Waals surface area contributed by atoms with Gasteiger partial charge in [-0.2, -0.15) is 0 Å². The normalized spacial score (nSPS) is 11.2. The number of aromatic nitrogens is 1. The second-order valence-corrected chi connectivity index (χ2v) is 4.36. The van der Waals surface area contributed by atoms with E-state index in [0.29, 0.717) is 27.4 Å². The van der Waals surface area contributed by atoms with Crippen LogP contribution < -0.4 is 0 Å². The van der Waals surface area contributed by atoms with E-state index in [4.69, 9.17) is 13.9 Å². The fourth-order valence-electron chi connectivity index (χ4n) is 1.61. The van der Waals surface area contributed by atoms with E-state index < -0.39 is 0 Å². The van der Waals surface area contributed by atoms with Gasteiger partial charge in [-0.3, -0.25) is 0 Å². The Bertz CT molecular complexity index is 671. The molecule has 1 aromatic carbocycles. The quantitative estimate of drug-likeness (QED) is 0.787. The molecule has 0 radical (unpaired) electrons. The van der Waals surface area contributed by atoms with Crippen LogP contribution in [0.2, 0.25) is 0 Å². The minimum absolute atomic E-state index is 0.00949. The molecule has 17 heavy (non-hydrogen) atoms. The Morgan fingerprint density at radius 2 is 2.06 bits per heavy atom. The first-order valence-electron chi connectivity index (χ1n) is 5.02. The van der Waals surface area contributed by atoms with Crippen LogP contribution in [-0.4, -0.2) is 10.1 Å². The van der Waals surface area contributed by atoms with Crippen molar-refractivity contribution in [1.82, 2.24) is 4.98 Å². The lowest BCUT2D eigenvalue weighted by Gasteiger charge is -1.92. The van der Waals surface area contributed by atoms with Crippen LogP contribution >= 0.6 is 15.9 Å². The largest absolute Gasteiger partial charge is 0.444 e. The predicted octanol–water partition coefficient (Wildman–Crippen LogP) is 3.34. The highest BCUT2D eigenvalue weighted by Gasteiger charge is 2.11. The van der Waals surface area contributed by atoms with Crippen molar-refractivity contribution in [2.24, 2.45) is 0 Å². The molecular formula is C12H8BrNO3. The lowest BCUT2D eigenvalue weighted by molar-refractivity contribution is 0.282. The lowest BCUT2D eigenvalue weighted by atomic mass is 10.2. The Morgan fingerprint density at radius 1 is 1.18 bits per heavy atom. The molecule has 3 aromatic rings. The third-order valence-electron chi connectivity index (χ3n) is 2.42. The van der Waals surface area contributed by atoms with E-state index in [1.165, 1.54) is 0 Å². The van der Waals surface area contributed by atoms with Crippen LogP contribution in [0.4, 0.5) is 0 Å². The maximum absolute atomic E-state index is 9.04. The van der Waals surface area contributed by atoms with Crippen molar-refractivity contribution in [3.63, 3.8) is 0 Å². The Kier molecular flexibility index (Phi) is 2.49. The molecule has 86 valence electrons. The van der Waals surface area contributed by atoms with Crippen LogP contribution in [0.15, 0.2) is 43.8 Å². The number of furan rings is 1. The summed E-state index contributed by atoms with van der Waals surface area (Å²) in [7, 11) is 0. The minimum Gasteiger partial charge on any atom is -0.444 e. The molecule has 0 saturated heterocycles. The summed E-state index contributed by atoms with van der Waals surface area (Å²) >= 11 is 3.23. The summed E-state index contributed by atoms with van der Waals surface area (Å²) in [5, 5.41) is 9.04. The number of rotatable bonds is 2. The molecule has 0 amide bonds. The van der Waals surface area contributed by atoms with Gasteiger partial charge in [-0.05, 0) is 45.8 Å². The lowest BCUT2D eigenvalue weighted by Crippen LogP contribution is -1.81. The molecule has 0 aliphatic carbocycles. The number of oxazole rings is 1. The van der Waals surface area contributed by atoms with Crippen molar-refractivity contribution in [3.05, 3.63) is 40.6 Å². The Hall–Kier alpha value is -1.59. The van der Waals surface area contributed by atoms with Crippen LogP contribution in [-0.2, 0) is 6.61 Å². The number of benzene rings is 1. The second kappa shape index (κ2) is 4.01. The van der Waals surface area contributed by atoms with Crippen LogP contribution in [0.25, 0.3) is 22.8 Å². The van der Waals surface area contributed by atoms with Crippen molar-refractivity contribution in [3.8, 4) is 11.7 Å². The molecule has 3 rings (SSSR count). The number of hydrogen-bond acceptors (Lipinski definition) is 4. The molecular weight excluding hydrogens is 286 g/mol. The molecule has 0 saturated carbocycles. The number of aliphatic hydroxyl groups excluding tert-OH is 1. The third kappa shape index (κ3) is 1.87. The van der Waals surface area contributed by atoms with Gasteiger partial charge in [-0.25, -0.2) is 4.98 Å². The van der Waals surface area contributed by atoms with E-state index in [1.807, 2.05) is 0 Å². The number of hydrogen-bond donors (Lipinski definition) is 1. The average molecular weight is 294 g/mol. The van der Waals surface area contributed by atoms with Gasteiger partial charge in [-0.15, -0.1) is 0 Å². The van der Waals surface area contributed by atoms with Gasteiger partial charge in [0, 0.05) is 0 Å². The summed E-state index contributed by atoms with van der Waals surface area (Å²) in [6, 6.07) is 8.94. The number of fused-ring (bicyclic) bond motifs is 1. The molecule has 1 N–H and O–H groups in total. The summed E-state index contributed by atoms with van der Waals surface area (Å²) < 4.78 is 11.6. The van der Waals surface area contributed by atoms with Gasteiger partial charge in [0.2, 0.25) is 0 Å². The molecule has 0 fully saturated rings. The maximum Gasteiger partial charge on any atom is 0.263 e. The van der Waals surface area contributed by atoms with Gasteiger partial charge in [-0.1, -0.05) is 6.07 Å². The summed E-state index contributed by atoms with van der Waals surface area (Å²) in [6.07, 6.45) is 0. The zero-order valence-electron chi connectivity index (χ0n) is 8.68. The fraction of sp³-hybridized carbons (Fsp3) is 0.0833. The molecule has 0 aliphatic rings. The predicted molar refractivity (Wildman–Crippen MR) is 65.3 cm³/mol. The summed E-state index contributed by atoms with van der Waals surface area (Å²) in [5.74, 6) is 0.999. The van der Waals surface area contributed by atoms with E-state index in [9.17, 15) is 0 Å². The summed E-state index contributed by atoms with van der Waals surface area (Å²) in [5.41, 5.74) is 2.18. The highest BCUT2D eigenvalue weighted by Crippen LogP contribution is 2.27. The van der Waals surface area contributed by atoms with Gasteiger partial charge in [0.05, 0.1) is 6.61 Å². The number of nitrogens with zero attached hydrogens (tertiary/aromatic N) is 1. The molecule has 0 bridgehead atoms. The van der Waals surface area contributed by atoms with Crippen LogP contribution in [0.5, 0.6) is 0 Å². The molecule has 4 nitrogen and oxygen atoms in total. The SMILES string of the molecule is OCc1ccc2oc(-c3ccc(Br)o3)nc2c1. The molecule has 5 heteroatoms. The van der Waals surface area contributed by atoms with E-state index in [2.05, 4.69) is 20.9 Å². The second-order valence-electron chi connectivity index (χ2n) is 3.58. The minimum atomic E-state index is -0.00949. The Balaban J connectivity index is 2.13. The smallest absolute Gasteiger partial charge is 0.263 e. The van der Waals surface area contributed by atoms with Gasteiger partial charge >= 0.3 is 0 Å². The maximum atomic E-state index is 9.04. The van der Waals surface area contributed by atoms with E-state index >= 15 is 0 Å². The Morgan fingerprint density at radius 3 is 2.76 bits per heavy atom. The standard InChI is InChI=1S/C12H8BrNO3/c13-11-4-3-10(16-11)12-14-8-5-7(6-15)1-2-9(8)17-12/h1-5,15H,6H2. The molecule has 2 heterocycles. The van der Waals surface area contributed by atoms with E-state index in [1.54, 1.807) is 30.3 Å². The molecule has 0 atom stereocenters. The first kappa shape index (κ1) is 10.6. The van der Waals surface area contributed by atoms with Gasteiger partial charge in [0.15, 0.2) is 16.0 Å². The van der Waals surface area contributed by atoms with Gasteiger partial charge in [0.25, 0.3) is 5.89 Å². The highest BCUT2D eigenvalue weighted by atomic mass is 79.9. The average Bonchev–Trinajstić information content (AvgIpc) is 2.93. The van der Waals surface area contributed by atoms with Crippen molar-refractivity contribution >= 4 is 27.0 Å². The van der Waals surface area contributed by atoms with Crippen LogP contribution in [0.3, 0.4) is 0 Å². The van der Waals surface area contributed by atoms with Crippen LogP contribution in [0.1, 0.15) is 5.56 Å². The van der Waals surface area contributed by atoms with Crippen molar-refractivity contribution in [1.29, 1.82) is 0 Å². The third-order valence-corrected chi connectivity index (χ3v) is 2.84. The fourth-order valence-corrected chi connectivity index (χ4v) is 1.91. The number of aliphatic hydroxyl groups is 1. The van der Waals surface area contributed by atoms with Gasteiger partial charge in [0.1, 0.15) is 5.52 Å². The number of halogens is 1. The first-order valence-corrected chi connectivity index (χ1v) is 5.81. The molecule has 2 aromatic heterocycles. The molecule has 0 aliphatic heterocycles. The zero-order valence-corrected chi connectivity index (χ0v) is 10.3. The molecule has 0 unspecified atom stereocenters. The monoisotopic (exact) mass is 293 g/mol. The summed E-state index contributed by atoms with van der Waals surface area (Å²) in [6.45, 7) is -0.00949. The van der Waals surface area contributed by atoms with Crippen molar-refractivity contribution < 1.29 is 13.9 Å². The van der Waals surface area contributed by atoms with E-state index in [0.717, 1.165) is 5.56 Å². The highest BCUT2D eigenvalue weighted by molar-refractivity contribution is 9.10. The Labute approximate surface area is 105 Å². The summed E-state index contributed by atoms with van der Waals surface area (Å²) in [4.78, 5) is 4.31. The first-order chi connectivity index (χ1) is 8.26. The topological polar surface area (TPSA) is 59.4 Å². The molecule has 0 spiro atoms. The van der Waals surface area contributed by atoms with Crippen LogP contribution in [0, 0.1) is 0 Å². The van der Waals surface area contributed by atoms with Crippen molar-refractivity contribution in [2.45, 2.75) is 6.61 Å². The van der Waals surface area contributed by atoms with Gasteiger partial charge < -0.3 is 13.9 Å². The van der Waals surface area contributed by atoms with E-state index in [-0.39, 0.29) is 6.61 Å². The zero-order chi connectivity index (χ0) is 11.8.